The summed E-state index contributed by atoms with van der Waals surface area (Å²) >= 11 is 2.27. The predicted octanol–water partition coefficient (Wildman–Crippen LogP) is 7.29. The number of aldehydes is 1. The molecule has 0 bridgehead atoms. The van der Waals surface area contributed by atoms with E-state index in [0.29, 0.717) is 36.4 Å². The van der Waals surface area contributed by atoms with Crippen molar-refractivity contribution in [3.05, 3.63) is 21.3 Å². The first-order chi connectivity index (χ1) is 13.1. The van der Waals surface area contributed by atoms with Crippen LogP contribution in [0.3, 0.4) is 0 Å². The molecule has 1 aromatic rings. The molecule has 1 rings (SSSR count). The summed E-state index contributed by atoms with van der Waals surface area (Å²) in [7, 11) is 0. The third-order valence-corrected chi connectivity index (χ3v) is 6.07. The Bertz CT molecular complexity index is 545. The van der Waals surface area contributed by atoms with Crippen LogP contribution < -0.4 is 9.47 Å². The van der Waals surface area contributed by atoms with E-state index < -0.39 is 0 Å². The lowest BCUT2D eigenvalue weighted by Crippen LogP contribution is -2.13. The van der Waals surface area contributed by atoms with Crippen LogP contribution in [0, 0.1) is 15.4 Å². The van der Waals surface area contributed by atoms with E-state index in [9.17, 15) is 4.79 Å². The fourth-order valence-corrected chi connectivity index (χ4v) is 3.68. The molecule has 0 aromatic heterocycles. The van der Waals surface area contributed by atoms with Crippen LogP contribution in [0.5, 0.6) is 11.5 Å². The van der Waals surface area contributed by atoms with Crippen LogP contribution in [0.15, 0.2) is 12.1 Å². The van der Waals surface area contributed by atoms with Gasteiger partial charge in [-0.05, 0) is 59.4 Å². The molecule has 0 saturated heterocycles. The Morgan fingerprint density at radius 2 is 1.41 bits per heavy atom. The van der Waals surface area contributed by atoms with E-state index >= 15 is 0 Å². The first-order valence-corrected chi connectivity index (χ1v) is 11.7. The van der Waals surface area contributed by atoms with E-state index in [2.05, 4.69) is 50.3 Å². The van der Waals surface area contributed by atoms with Crippen molar-refractivity contribution in [2.75, 3.05) is 13.2 Å². The largest absolute Gasteiger partial charge is 0.493 e. The summed E-state index contributed by atoms with van der Waals surface area (Å²) in [6, 6.07) is 3.78. The van der Waals surface area contributed by atoms with Crippen molar-refractivity contribution < 1.29 is 14.3 Å². The molecule has 0 amide bonds. The molecule has 0 radical (unpaired) electrons. The van der Waals surface area contributed by atoms with Gasteiger partial charge in [0.25, 0.3) is 0 Å². The third kappa shape index (κ3) is 8.84. The maximum Gasteiger partial charge on any atom is 0.153 e. The average molecular weight is 488 g/mol. The molecular formula is C23H37IO3. The smallest absolute Gasteiger partial charge is 0.153 e. The molecule has 0 fully saturated rings. The van der Waals surface area contributed by atoms with Gasteiger partial charge in [0.1, 0.15) is 11.5 Å². The first-order valence-electron chi connectivity index (χ1n) is 10.6. The number of ether oxygens (including phenoxy) is 2. The zero-order valence-corrected chi connectivity index (χ0v) is 19.7. The molecule has 0 N–H and O–H groups in total. The lowest BCUT2D eigenvalue weighted by molar-refractivity contribution is 0.111. The van der Waals surface area contributed by atoms with Crippen LogP contribution >= 0.6 is 22.6 Å². The Kier molecular flexibility index (Phi) is 12.8. The Morgan fingerprint density at radius 3 is 1.85 bits per heavy atom. The predicted molar refractivity (Wildman–Crippen MR) is 122 cm³/mol. The van der Waals surface area contributed by atoms with Gasteiger partial charge >= 0.3 is 0 Å². The Hall–Kier alpha value is -0.780. The van der Waals surface area contributed by atoms with E-state index in [0.717, 1.165) is 28.4 Å². The van der Waals surface area contributed by atoms with Gasteiger partial charge in [-0.1, -0.05) is 66.2 Å². The van der Waals surface area contributed by atoms with E-state index in [1.54, 1.807) is 0 Å². The minimum atomic E-state index is 0.543. The van der Waals surface area contributed by atoms with E-state index in [4.69, 9.17) is 9.47 Å². The van der Waals surface area contributed by atoms with Crippen molar-refractivity contribution in [1.82, 2.24) is 0 Å². The molecule has 4 heteroatoms. The monoisotopic (exact) mass is 488 g/mol. The SMILES string of the molecule is CCCCC(CC)COc1cc(C=O)c(OCC(CC)CCCC)cc1I. The molecule has 27 heavy (non-hydrogen) atoms. The number of rotatable bonds is 15. The number of carbonyl (C=O) groups is 1. The van der Waals surface area contributed by atoms with Gasteiger partial charge < -0.3 is 9.47 Å². The van der Waals surface area contributed by atoms with Crippen molar-refractivity contribution >= 4 is 28.9 Å². The average Bonchev–Trinajstić information content (AvgIpc) is 2.69. The summed E-state index contributed by atoms with van der Waals surface area (Å²) in [4.78, 5) is 11.6. The van der Waals surface area contributed by atoms with Crippen molar-refractivity contribution in [1.29, 1.82) is 0 Å². The lowest BCUT2D eigenvalue weighted by atomic mass is 10.0. The highest BCUT2D eigenvalue weighted by Gasteiger charge is 2.14. The van der Waals surface area contributed by atoms with Gasteiger partial charge in [-0.15, -0.1) is 0 Å². The molecule has 0 aliphatic rings. The molecule has 0 heterocycles. The molecule has 2 atom stereocenters. The number of hydrogen-bond acceptors (Lipinski definition) is 3. The molecule has 0 saturated carbocycles. The van der Waals surface area contributed by atoms with Gasteiger partial charge in [0.05, 0.1) is 22.3 Å². The molecule has 1 aromatic carbocycles. The van der Waals surface area contributed by atoms with Gasteiger partial charge in [-0.25, -0.2) is 0 Å². The fourth-order valence-electron chi connectivity index (χ4n) is 3.09. The standard InChI is InChI=1S/C23H37IO3/c1-5-9-11-18(7-3)16-26-22-14-21(24)23(13-20(22)15-25)27-17-19(8-4)12-10-6-2/h13-15,18-19H,5-12,16-17H2,1-4H3. The van der Waals surface area contributed by atoms with Crippen LogP contribution in [-0.2, 0) is 0 Å². The minimum Gasteiger partial charge on any atom is -0.493 e. The number of carbonyl (C=O) groups excluding carboxylic acids is 1. The summed E-state index contributed by atoms with van der Waals surface area (Å²) < 4.78 is 13.1. The highest BCUT2D eigenvalue weighted by atomic mass is 127. The van der Waals surface area contributed by atoms with E-state index in [1.165, 1.54) is 38.5 Å². The molecule has 2 unspecified atom stereocenters. The van der Waals surface area contributed by atoms with Gasteiger partial charge in [0, 0.05) is 0 Å². The lowest BCUT2D eigenvalue weighted by Gasteiger charge is -2.19. The van der Waals surface area contributed by atoms with Crippen molar-refractivity contribution in [3.63, 3.8) is 0 Å². The minimum absolute atomic E-state index is 0.543. The van der Waals surface area contributed by atoms with Gasteiger partial charge in [0.2, 0.25) is 0 Å². The zero-order chi connectivity index (χ0) is 20.1. The Balaban J connectivity index is 2.75. The topological polar surface area (TPSA) is 35.5 Å². The maximum atomic E-state index is 11.6. The molecule has 0 spiro atoms. The summed E-state index contributed by atoms with van der Waals surface area (Å²) in [6.07, 6.45) is 10.4. The van der Waals surface area contributed by atoms with Crippen LogP contribution in [0.25, 0.3) is 0 Å². The maximum absolute atomic E-state index is 11.6. The second kappa shape index (κ2) is 14.3. The number of hydrogen-bond donors (Lipinski definition) is 0. The van der Waals surface area contributed by atoms with Crippen molar-refractivity contribution in [3.8, 4) is 11.5 Å². The second-order valence-corrected chi connectivity index (χ2v) is 8.56. The highest BCUT2D eigenvalue weighted by molar-refractivity contribution is 14.1. The fraction of sp³-hybridized carbons (Fsp3) is 0.696. The summed E-state index contributed by atoms with van der Waals surface area (Å²) in [6.45, 7) is 10.2. The summed E-state index contributed by atoms with van der Waals surface area (Å²) in [5.41, 5.74) is 0.581. The van der Waals surface area contributed by atoms with Crippen LogP contribution in [0.2, 0.25) is 0 Å². The molecule has 3 nitrogen and oxygen atoms in total. The molecule has 0 aliphatic carbocycles. The van der Waals surface area contributed by atoms with Crippen molar-refractivity contribution in [2.24, 2.45) is 11.8 Å². The van der Waals surface area contributed by atoms with Crippen LogP contribution in [-0.4, -0.2) is 19.5 Å². The van der Waals surface area contributed by atoms with Gasteiger partial charge in [0.15, 0.2) is 6.29 Å². The van der Waals surface area contributed by atoms with E-state index in [1.807, 2.05) is 12.1 Å². The van der Waals surface area contributed by atoms with Crippen LogP contribution in [0.1, 0.15) is 89.4 Å². The number of unbranched alkanes of at least 4 members (excludes halogenated alkanes) is 2. The van der Waals surface area contributed by atoms with Gasteiger partial charge in [-0.2, -0.15) is 0 Å². The Labute approximate surface area is 179 Å². The second-order valence-electron chi connectivity index (χ2n) is 7.39. The number of benzene rings is 1. The third-order valence-electron chi connectivity index (χ3n) is 5.23. The summed E-state index contributed by atoms with van der Waals surface area (Å²) in [5, 5.41) is 0. The molecule has 0 aliphatic heterocycles. The van der Waals surface area contributed by atoms with Crippen molar-refractivity contribution in [2.45, 2.75) is 79.1 Å². The highest BCUT2D eigenvalue weighted by Crippen LogP contribution is 2.31. The normalized spacial score (nSPS) is 13.2. The Morgan fingerprint density at radius 1 is 0.889 bits per heavy atom. The quantitative estimate of drug-likeness (QED) is 0.192. The molecule has 154 valence electrons. The summed E-state index contributed by atoms with van der Waals surface area (Å²) in [5.74, 6) is 2.58. The zero-order valence-electron chi connectivity index (χ0n) is 17.6. The van der Waals surface area contributed by atoms with E-state index in [-0.39, 0.29) is 0 Å². The van der Waals surface area contributed by atoms with Crippen LogP contribution in [0.4, 0.5) is 0 Å². The van der Waals surface area contributed by atoms with Gasteiger partial charge in [-0.3, -0.25) is 4.79 Å². The first kappa shape index (κ1) is 24.3. The molecular weight excluding hydrogens is 451 g/mol. The number of halogens is 1.